The number of aromatic nitrogens is 1. The summed E-state index contributed by atoms with van der Waals surface area (Å²) in [6.07, 6.45) is 4.17. The molecule has 1 aromatic heterocycles. The Bertz CT molecular complexity index is 933. The fourth-order valence-corrected chi connectivity index (χ4v) is 4.93. The molecule has 1 N–H and O–H groups in total. The minimum Gasteiger partial charge on any atom is -0.338 e. The van der Waals surface area contributed by atoms with Crippen LogP contribution < -0.4 is 4.72 Å². The zero-order valence-corrected chi connectivity index (χ0v) is 16.7. The van der Waals surface area contributed by atoms with E-state index in [9.17, 15) is 13.2 Å². The number of nitrogens with one attached hydrogen (secondary N) is 1. The number of hydrogen-bond donors (Lipinski definition) is 1. The molecule has 0 saturated carbocycles. The van der Waals surface area contributed by atoms with Crippen molar-refractivity contribution in [1.29, 1.82) is 0 Å². The molecule has 1 fully saturated rings. The van der Waals surface area contributed by atoms with Crippen LogP contribution in [-0.2, 0) is 10.0 Å². The first kappa shape index (κ1) is 19.4. The second-order valence-corrected chi connectivity index (χ2v) is 9.16. The average molecular weight is 388 g/mol. The van der Waals surface area contributed by atoms with Crippen LogP contribution in [0.15, 0.2) is 47.6 Å². The lowest BCUT2D eigenvalue weighted by atomic mass is 9.91. The Morgan fingerprint density at radius 1 is 1.15 bits per heavy atom. The van der Waals surface area contributed by atoms with Crippen LogP contribution in [0.2, 0.25) is 0 Å². The summed E-state index contributed by atoms with van der Waals surface area (Å²) in [5.74, 6) is 0.563. The van der Waals surface area contributed by atoms with Gasteiger partial charge in [-0.2, -0.15) is 0 Å². The predicted octanol–water partition coefficient (Wildman–Crippen LogP) is 3.31. The van der Waals surface area contributed by atoms with Crippen molar-refractivity contribution >= 4 is 21.6 Å². The molecule has 1 saturated heterocycles. The third-order valence-electron chi connectivity index (χ3n) is 4.69. The zero-order chi connectivity index (χ0) is 19.6. The number of pyridine rings is 1. The lowest BCUT2D eigenvalue weighted by Gasteiger charge is -2.35. The summed E-state index contributed by atoms with van der Waals surface area (Å²) in [6, 6.07) is 8.06. The van der Waals surface area contributed by atoms with Crippen LogP contribution in [0.25, 0.3) is 0 Å². The van der Waals surface area contributed by atoms with Crippen molar-refractivity contribution in [2.45, 2.75) is 32.1 Å². The van der Waals surface area contributed by atoms with Crippen molar-refractivity contribution in [1.82, 2.24) is 9.88 Å². The minimum absolute atomic E-state index is 0.0117. The Kier molecular flexibility index (Phi) is 5.51. The zero-order valence-electron chi connectivity index (χ0n) is 15.8. The van der Waals surface area contributed by atoms with Gasteiger partial charge in [-0.05, 0) is 48.9 Å². The van der Waals surface area contributed by atoms with Crippen molar-refractivity contribution in [3.63, 3.8) is 0 Å². The van der Waals surface area contributed by atoms with Gasteiger partial charge >= 0.3 is 0 Å². The van der Waals surface area contributed by atoms with Gasteiger partial charge in [-0.15, -0.1) is 0 Å². The lowest BCUT2D eigenvalue weighted by Crippen LogP contribution is -2.43. The maximum Gasteiger partial charge on any atom is 0.262 e. The number of amides is 1. The number of sulfonamides is 1. The molecule has 2 atom stereocenters. The molecule has 27 heavy (non-hydrogen) atoms. The van der Waals surface area contributed by atoms with Gasteiger partial charge in [0.05, 0.1) is 17.4 Å². The third kappa shape index (κ3) is 4.47. The second kappa shape index (κ2) is 7.68. The first-order valence-corrected chi connectivity index (χ1v) is 10.6. The number of hydrogen-bond acceptors (Lipinski definition) is 4. The van der Waals surface area contributed by atoms with E-state index in [2.05, 4.69) is 23.6 Å². The van der Waals surface area contributed by atoms with Gasteiger partial charge in [-0.1, -0.05) is 26.0 Å². The Balaban J connectivity index is 1.92. The number of rotatable bonds is 4. The highest BCUT2D eigenvalue weighted by Gasteiger charge is 2.30. The highest BCUT2D eigenvalue weighted by molar-refractivity contribution is 7.92. The van der Waals surface area contributed by atoms with Crippen LogP contribution in [0.3, 0.4) is 0 Å². The molecule has 6 nitrogen and oxygen atoms in total. The monoisotopic (exact) mass is 387 g/mol. The van der Waals surface area contributed by atoms with E-state index in [0.717, 1.165) is 12.0 Å². The van der Waals surface area contributed by atoms with Crippen LogP contribution in [0, 0.1) is 18.8 Å². The summed E-state index contributed by atoms with van der Waals surface area (Å²) in [7, 11) is -3.91. The molecular weight excluding hydrogens is 362 g/mol. The molecule has 1 aliphatic rings. The second-order valence-electron chi connectivity index (χ2n) is 7.51. The molecule has 0 spiro atoms. The summed E-state index contributed by atoms with van der Waals surface area (Å²) >= 11 is 0. The topological polar surface area (TPSA) is 79.4 Å². The summed E-state index contributed by atoms with van der Waals surface area (Å²) in [5, 5.41) is 0. The van der Waals surface area contributed by atoms with Gasteiger partial charge < -0.3 is 4.90 Å². The van der Waals surface area contributed by atoms with E-state index in [-0.39, 0.29) is 16.4 Å². The van der Waals surface area contributed by atoms with E-state index in [0.29, 0.717) is 30.6 Å². The van der Waals surface area contributed by atoms with Gasteiger partial charge in [0.25, 0.3) is 15.9 Å². The van der Waals surface area contributed by atoms with E-state index in [1.165, 1.54) is 12.3 Å². The fraction of sp³-hybridized carbons (Fsp3) is 0.400. The highest BCUT2D eigenvalue weighted by Crippen LogP contribution is 2.26. The summed E-state index contributed by atoms with van der Waals surface area (Å²) in [5.41, 5.74) is 1.42. The minimum atomic E-state index is -3.91. The molecule has 1 amide bonds. The van der Waals surface area contributed by atoms with Crippen molar-refractivity contribution in [3.8, 4) is 0 Å². The van der Waals surface area contributed by atoms with Gasteiger partial charge in [0.1, 0.15) is 4.90 Å². The number of aryl methyl sites for hydroxylation is 1. The maximum absolute atomic E-state index is 13.1. The van der Waals surface area contributed by atoms with Crippen LogP contribution in [0.4, 0.5) is 5.69 Å². The van der Waals surface area contributed by atoms with Gasteiger partial charge in [-0.3, -0.25) is 14.5 Å². The number of benzene rings is 1. The average Bonchev–Trinajstić information content (AvgIpc) is 2.60. The first-order valence-electron chi connectivity index (χ1n) is 9.09. The molecule has 3 rings (SSSR count). The summed E-state index contributed by atoms with van der Waals surface area (Å²) in [4.78, 5) is 18.8. The molecule has 2 heterocycles. The Morgan fingerprint density at radius 2 is 1.81 bits per heavy atom. The fourth-order valence-electron chi connectivity index (χ4n) is 3.70. The highest BCUT2D eigenvalue weighted by atomic mass is 32.2. The normalized spacial score (nSPS) is 20.3. The molecular formula is C20H25N3O3S. The van der Waals surface area contributed by atoms with Crippen molar-refractivity contribution < 1.29 is 13.2 Å². The quantitative estimate of drug-likeness (QED) is 0.873. The first-order chi connectivity index (χ1) is 12.8. The van der Waals surface area contributed by atoms with E-state index in [1.807, 2.05) is 6.92 Å². The Morgan fingerprint density at radius 3 is 2.48 bits per heavy atom. The van der Waals surface area contributed by atoms with Gasteiger partial charge in [-0.25, -0.2) is 8.42 Å². The van der Waals surface area contributed by atoms with Crippen LogP contribution in [0.5, 0.6) is 0 Å². The molecule has 2 aromatic rings. The van der Waals surface area contributed by atoms with E-state index in [1.54, 1.807) is 35.4 Å². The number of carbonyl (C=O) groups is 1. The number of nitrogens with zero attached hydrogens (tertiary/aromatic N) is 2. The molecule has 144 valence electrons. The number of carbonyl (C=O) groups excluding carboxylic acids is 1. The molecule has 2 unspecified atom stereocenters. The van der Waals surface area contributed by atoms with Crippen LogP contribution in [-0.4, -0.2) is 37.3 Å². The summed E-state index contributed by atoms with van der Waals surface area (Å²) in [6.45, 7) is 7.36. The molecule has 0 aliphatic carbocycles. The Hall–Kier alpha value is -2.41. The maximum atomic E-state index is 13.1. The van der Waals surface area contributed by atoms with Gasteiger partial charge in [0.2, 0.25) is 0 Å². The van der Waals surface area contributed by atoms with E-state index >= 15 is 0 Å². The largest absolute Gasteiger partial charge is 0.338 e. The standard InChI is InChI=1S/C20H25N3O3S/c1-14-9-17(11-21-10-14)22-27(25,26)19-7-5-4-6-18(19)20(24)23-12-15(2)8-16(3)13-23/h4-7,9-11,15-16,22H,8,12-13H2,1-3H3. The molecule has 0 radical (unpaired) electrons. The van der Waals surface area contributed by atoms with Crippen molar-refractivity contribution in [2.24, 2.45) is 11.8 Å². The van der Waals surface area contributed by atoms with E-state index in [4.69, 9.17) is 0 Å². The van der Waals surface area contributed by atoms with E-state index < -0.39 is 10.0 Å². The lowest BCUT2D eigenvalue weighted by molar-refractivity contribution is 0.0619. The number of anilines is 1. The molecule has 7 heteroatoms. The molecule has 0 bridgehead atoms. The van der Waals surface area contributed by atoms with Gasteiger partial charge in [0, 0.05) is 19.3 Å². The predicted molar refractivity (Wildman–Crippen MR) is 105 cm³/mol. The SMILES string of the molecule is Cc1cncc(NS(=O)(=O)c2ccccc2C(=O)N2CC(C)CC(C)C2)c1. The van der Waals surface area contributed by atoms with Crippen LogP contribution in [0.1, 0.15) is 36.2 Å². The van der Waals surface area contributed by atoms with Crippen molar-refractivity contribution in [3.05, 3.63) is 53.9 Å². The van der Waals surface area contributed by atoms with Gasteiger partial charge in [0.15, 0.2) is 0 Å². The Labute approximate surface area is 160 Å². The number of likely N-dealkylation sites (tertiary alicyclic amines) is 1. The van der Waals surface area contributed by atoms with Crippen LogP contribution >= 0.6 is 0 Å². The number of piperidine rings is 1. The molecule has 1 aromatic carbocycles. The smallest absolute Gasteiger partial charge is 0.262 e. The third-order valence-corrected chi connectivity index (χ3v) is 6.13. The molecule has 1 aliphatic heterocycles. The summed E-state index contributed by atoms with van der Waals surface area (Å²) < 4.78 is 28.4. The van der Waals surface area contributed by atoms with Crippen molar-refractivity contribution in [2.75, 3.05) is 17.8 Å².